The van der Waals surface area contributed by atoms with Crippen LogP contribution in [0.1, 0.15) is 46.0 Å². The summed E-state index contributed by atoms with van der Waals surface area (Å²) in [6.07, 6.45) is -0.184. The Balaban J connectivity index is 2.64. The standard InChI is InChI=1S/C20H23NO6/c1-5-26-15(22)12-14-16(20(24)27-6-2)19(25-4)17(21(14)3)18(23)13-10-8-7-9-11-13/h7-11H,5-6,12H2,1-4H3. The molecule has 0 aliphatic rings. The Hall–Kier alpha value is -3.09. The molecule has 0 saturated carbocycles. The molecule has 0 amide bonds. The molecule has 7 nitrogen and oxygen atoms in total. The highest BCUT2D eigenvalue weighted by molar-refractivity contribution is 6.12. The average Bonchev–Trinajstić information content (AvgIpc) is 2.94. The fourth-order valence-electron chi connectivity index (χ4n) is 2.85. The number of hydrogen-bond donors (Lipinski definition) is 0. The number of methoxy groups -OCH3 is 1. The van der Waals surface area contributed by atoms with E-state index in [1.165, 1.54) is 11.7 Å². The fraction of sp³-hybridized carbons (Fsp3) is 0.350. The Kier molecular flexibility index (Phi) is 6.76. The summed E-state index contributed by atoms with van der Waals surface area (Å²) in [7, 11) is 2.98. The largest absolute Gasteiger partial charge is 0.493 e. The zero-order valence-corrected chi connectivity index (χ0v) is 15.9. The lowest BCUT2D eigenvalue weighted by Crippen LogP contribution is -2.16. The molecule has 2 aromatic rings. The van der Waals surface area contributed by atoms with Gasteiger partial charge in [-0.25, -0.2) is 4.79 Å². The number of ketones is 1. The van der Waals surface area contributed by atoms with E-state index >= 15 is 0 Å². The lowest BCUT2D eigenvalue weighted by molar-refractivity contribution is -0.142. The van der Waals surface area contributed by atoms with Crippen molar-refractivity contribution in [1.82, 2.24) is 4.57 Å². The maximum Gasteiger partial charge on any atom is 0.343 e. The number of rotatable bonds is 8. The Morgan fingerprint density at radius 1 is 1.00 bits per heavy atom. The monoisotopic (exact) mass is 373 g/mol. The molecular formula is C20H23NO6. The topological polar surface area (TPSA) is 83.8 Å². The highest BCUT2D eigenvalue weighted by Crippen LogP contribution is 2.33. The number of aromatic nitrogens is 1. The van der Waals surface area contributed by atoms with Crippen molar-refractivity contribution in [3.8, 4) is 5.75 Å². The Bertz CT molecular complexity index is 838. The molecule has 1 heterocycles. The van der Waals surface area contributed by atoms with Crippen molar-refractivity contribution in [3.63, 3.8) is 0 Å². The first-order valence-electron chi connectivity index (χ1n) is 8.64. The maximum absolute atomic E-state index is 13.0. The van der Waals surface area contributed by atoms with Gasteiger partial charge in [0, 0.05) is 18.3 Å². The van der Waals surface area contributed by atoms with Gasteiger partial charge in [-0.2, -0.15) is 0 Å². The van der Waals surface area contributed by atoms with Crippen LogP contribution in [0.25, 0.3) is 0 Å². The van der Waals surface area contributed by atoms with Crippen LogP contribution in [0.15, 0.2) is 30.3 Å². The minimum atomic E-state index is -0.656. The third kappa shape index (κ3) is 4.19. The summed E-state index contributed by atoms with van der Waals surface area (Å²) in [5.74, 6) is -1.40. The van der Waals surface area contributed by atoms with E-state index in [1.54, 1.807) is 51.2 Å². The van der Waals surface area contributed by atoms with E-state index in [-0.39, 0.29) is 42.4 Å². The van der Waals surface area contributed by atoms with Gasteiger partial charge in [0.2, 0.25) is 5.78 Å². The average molecular weight is 373 g/mol. The molecular weight excluding hydrogens is 350 g/mol. The zero-order valence-electron chi connectivity index (χ0n) is 15.9. The normalized spacial score (nSPS) is 10.4. The van der Waals surface area contributed by atoms with E-state index in [4.69, 9.17) is 14.2 Å². The molecule has 0 N–H and O–H groups in total. The number of benzene rings is 1. The van der Waals surface area contributed by atoms with E-state index < -0.39 is 11.9 Å². The maximum atomic E-state index is 13.0. The molecule has 0 spiro atoms. The third-order valence-corrected chi connectivity index (χ3v) is 4.02. The van der Waals surface area contributed by atoms with Crippen LogP contribution in [-0.4, -0.2) is 42.6 Å². The minimum absolute atomic E-state index is 0.0641. The van der Waals surface area contributed by atoms with Gasteiger partial charge in [-0.05, 0) is 13.8 Å². The SMILES string of the molecule is CCOC(=O)Cc1c(C(=O)OCC)c(OC)c(C(=O)c2ccccc2)n1C. The first kappa shape index (κ1) is 20.2. The van der Waals surface area contributed by atoms with Crippen molar-refractivity contribution in [2.45, 2.75) is 20.3 Å². The molecule has 0 radical (unpaired) electrons. The summed E-state index contributed by atoms with van der Waals surface area (Å²) >= 11 is 0. The molecule has 0 fully saturated rings. The van der Waals surface area contributed by atoms with Crippen LogP contribution in [0.2, 0.25) is 0 Å². The smallest absolute Gasteiger partial charge is 0.343 e. The van der Waals surface area contributed by atoms with E-state index in [2.05, 4.69) is 0 Å². The molecule has 0 aliphatic carbocycles. The Labute approximate surface area is 157 Å². The van der Waals surface area contributed by atoms with E-state index in [9.17, 15) is 14.4 Å². The molecule has 1 aromatic heterocycles. The number of nitrogens with zero attached hydrogens (tertiary/aromatic N) is 1. The van der Waals surface area contributed by atoms with Gasteiger partial charge in [-0.1, -0.05) is 30.3 Å². The van der Waals surface area contributed by atoms with Crippen molar-refractivity contribution < 1.29 is 28.6 Å². The lowest BCUT2D eigenvalue weighted by Gasteiger charge is -2.08. The molecule has 0 atom stereocenters. The van der Waals surface area contributed by atoms with E-state index in [1.807, 2.05) is 0 Å². The van der Waals surface area contributed by atoms with Gasteiger partial charge in [0.05, 0.1) is 26.7 Å². The second-order valence-corrected chi connectivity index (χ2v) is 5.66. The van der Waals surface area contributed by atoms with Crippen molar-refractivity contribution in [1.29, 1.82) is 0 Å². The van der Waals surface area contributed by atoms with E-state index in [0.717, 1.165) is 0 Å². The summed E-state index contributed by atoms with van der Waals surface area (Å²) in [4.78, 5) is 37.6. The second kappa shape index (κ2) is 9.02. The van der Waals surface area contributed by atoms with Crippen LogP contribution in [0, 0.1) is 0 Å². The summed E-state index contributed by atoms with van der Waals surface area (Å²) in [5, 5.41) is 0. The molecule has 144 valence electrons. The summed E-state index contributed by atoms with van der Waals surface area (Å²) in [5.41, 5.74) is 0.984. The van der Waals surface area contributed by atoms with Gasteiger partial charge < -0.3 is 18.8 Å². The van der Waals surface area contributed by atoms with Crippen molar-refractivity contribution in [2.75, 3.05) is 20.3 Å². The molecule has 0 saturated heterocycles. The molecule has 0 bridgehead atoms. The van der Waals surface area contributed by atoms with Gasteiger partial charge in [0.15, 0.2) is 5.75 Å². The summed E-state index contributed by atoms with van der Waals surface area (Å²) in [6.45, 7) is 3.73. The van der Waals surface area contributed by atoms with Gasteiger partial charge in [-0.3, -0.25) is 9.59 Å². The molecule has 1 aromatic carbocycles. The molecule has 0 unspecified atom stereocenters. The van der Waals surface area contributed by atoms with Gasteiger partial charge in [0.1, 0.15) is 11.3 Å². The van der Waals surface area contributed by atoms with Gasteiger partial charge >= 0.3 is 11.9 Å². The van der Waals surface area contributed by atoms with Crippen LogP contribution in [0.4, 0.5) is 0 Å². The Morgan fingerprint density at radius 2 is 1.63 bits per heavy atom. The highest BCUT2D eigenvalue weighted by Gasteiger charge is 2.32. The number of carbonyl (C=O) groups is 3. The second-order valence-electron chi connectivity index (χ2n) is 5.66. The first-order chi connectivity index (χ1) is 13.0. The molecule has 27 heavy (non-hydrogen) atoms. The fourth-order valence-corrected chi connectivity index (χ4v) is 2.85. The highest BCUT2D eigenvalue weighted by atomic mass is 16.5. The van der Waals surface area contributed by atoms with Crippen LogP contribution in [0.3, 0.4) is 0 Å². The van der Waals surface area contributed by atoms with E-state index in [0.29, 0.717) is 11.3 Å². The van der Waals surface area contributed by atoms with Crippen LogP contribution >= 0.6 is 0 Å². The van der Waals surface area contributed by atoms with Crippen molar-refractivity contribution >= 4 is 17.7 Å². The van der Waals surface area contributed by atoms with Crippen molar-refractivity contribution in [3.05, 3.63) is 52.8 Å². The minimum Gasteiger partial charge on any atom is -0.493 e. The summed E-state index contributed by atoms with van der Waals surface area (Å²) in [6, 6.07) is 8.63. The zero-order chi connectivity index (χ0) is 20.0. The molecule has 7 heteroatoms. The van der Waals surface area contributed by atoms with Crippen LogP contribution < -0.4 is 4.74 Å². The molecule has 2 rings (SSSR count). The lowest BCUT2D eigenvalue weighted by atomic mass is 10.1. The number of ether oxygens (including phenoxy) is 3. The van der Waals surface area contributed by atoms with Crippen molar-refractivity contribution in [2.24, 2.45) is 7.05 Å². The predicted octanol–water partition coefficient (Wildman–Crippen LogP) is 2.55. The first-order valence-corrected chi connectivity index (χ1v) is 8.64. The third-order valence-electron chi connectivity index (χ3n) is 4.02. The van der Waals surface area contributed by atoms with Gasteiger partial charge in [-0.15, -0.1) is 0 Å². The number of hydrogen-bond acceptors (Lipinski definition) is 6. The van der Waals surface area contributed by atoms with Gasteiger partial charge in [0.25, 0.3) is 0 Å². The van der Waals surface area contributed by atoms with Crippen LogP contribution in [-0.2, 0) is 27.7 Å². The summed E-state index contributed by atoms with van der Waals surface area (Å²) < 4.78 is 17.0. The predicted molar refractivity (Wildman–Crippen MR) is 98.1 cm³/mol. The van der Waals surface area contributed by atoms with Crippen LogP contribution in [0.5, 0.6) is 5.75 Å². The Morgan fingerprint density at radius 3 is 2.19 bits per heavy atom. The molecule has 0 aliphatic heterocycles. The number of carbonyl (C=O) groups excluding carboxylic acids is 3. The quantitative estimate of drug-likeness (QED) is 0.522. The number of esters is 2.